The largest absolute Gasteiger partial charge is 0.507 e. The van der Waals surface area contributed by atoms with Crippen LogP contribution in [-0.2, 0) is 9.53 Å². The molecule has 0 fully saturated rings. The Labute approximate surface area is 214 Å². The van der Waals surface area contributed by atoms with Gasteiger partial charge in [0.25, 0.3) is 5.56 Å². The highest BCUT2D eigenvalue weighted by atomic mass is 79.9. The van der Waals surface area contributed by atoms with Crippen LogP contribution in [0, 0.1) is 0 Å². The van der Waals surface area contributed by atoms with E-state index in [0.717, 1.165) is 4.47 Å². The van der Waals surface area contributed by atoms with Crippen molar-refractivity contribution in [3.8, 4) is 11.5 Å². The number of fused-ring (bicyclic) bond motifs is 1. The van der Waals surface area contributed by atoms with Crippen LogP contribution in [0.2, 0.25) is 0 Å². The summed E-state index contributed by atoms with van der Waals surface area (Å²) in [6.07, 6.45) is 3.27. The lowest BCUT2D eigenvalue weighted by atomic mass is 9.96. The van der Waals surface area contributed by atoms with Crippen molar-refractivity contribution in [3.05, 3.63) is 102 Å². The highest BCUT2D eigenvalue weighted by molar-refractivity contribution is 9.10. The average Bonchev–Trinajstić information content (AvgIpc) is 3.14. The van der Waals surface area contributed by atoms with Gasteiger partial charge >= 0.3 is 5.97 Å². The molecule has 2 aromatic carbocycles. The molecule has 0 bridgehead atoms. The number of thiazole rings is 1. The van der Waals surface area contributed by atoms with Crippen molar-refractivity contribution in [1.29, 1.82) is 0 Å². The molecule has 0 amide bonds. The number of halogens is 1. The van der Waals surface area contributed by atoms with Gasteiger partial charge in [-0.3, -0.25) is 9.36 Å². The van der Waals surface area contributed by atoms with Crippen molar-refractivity contribution >= 4 is 39.3 Å². The lowest BCUT2D eigenvalue weighted by Gasteiger charge is -2.24. The zero-order chi connectivity index (χ0) is 25.1. The Hall–Kier alpha value is -3.43. The third-order valence-corrected chi connectivity index (χ3v) is 6.83. The molecule has 0 saturated carbocycles. The number of nitrogens with zero attached hydrogens (tertiary/aromatic N) is 2. The fourth-order valence-corrected chi connectivity index (χ4v) is 5.21. The van der Waals surface area contributed by atoms with Gasteiger partial charge in [0.15, 0.2) is 4.80 Å². The molecule has 7 nitrogen and oxygen atoms in total. The summed E-state index contributed by atoms with van der Waals surface area (Å²) in [6.45, 7) is 7.68. The fraction of sp³-hybridized carbons (Fsp3) is 0.192. The van der Waals surface area contributed by atoms with E-state index in [1.807, 2.05) is 12.1 Å². The number of allylic oxidation sites excluding steroid dienone is 1. The predicted molar refractivity (Wildman–Crippen MR) is 138 cm³/mol. The second-order valence-electron chi connectivity index (χ2n) is 7.67. The minimum absolute atomic E-state index is 0.0501. The zero-order valence-corrected chi connectivity index (χ0v) is 21.6. The number of phenolic OH excluding ortho intramolecular Hbond substituents is 1. The van der Waals surface area contributed by atoms with Crippen molar-refractivity contribution in [2.24, 2.45) is 4.99 Å². The molecule has 9 heteroatoms. The van der Waals surface area contributed by atoms with Gasteiger partial charge in [-0.25, -0.2) is 9.79 Å². The first-order valence-electron chi connectivity index (χ1n) is 10.9. The minimum atomic E-state index is -0.725. The van der Waals surface area contributed by atoms with Gasteiger partial charge in [0.2, 0.25) is 0 Å². The molecule has 1 atom stereocenters. The van der Waals surface area contributed by atoms with Gasteiger partial charge < -0.3 is 14.6 Å². The minimum Gasteiger partial charge on any atom is -0.507 e. The first-order chi connectivity index (χ1) is 16.8. The molecule has 180 valence electrons. The normalized spacial score (nSPS) is 15.4. The van der Waals surface area contributed by atoms with Crippen molar-refractivity contribution < 1.29 is 19.4 Å². The van der Waals surface area contributed by atoms with E-state index in [9.17, 15) is 14.7 Å². The van der Waals surface area contributed by atoms with E-state index in [4.69, 9.17) is 9.47 Å². The van der Waals surface area contributed by atoms with E-state index < -0.39 is 12.0 Å². The predicted octanol–water partition coefficient (Wildman–Crippen LogP) is 3.83. The van der Waals surface area contributed by atoms with Gasteiger partial charge in [0, 0.05) is 10.0 Å². The summed E-state index contributed by atoms with van der Waals surface area (Å²) in [5.41, 5.74) is 1.67. The van der Waals surface area contributed by atoms with Crippen LogP contribution < -0.4 is 19.6 Å². The van der Waals surface area contributed by atoms with E-state index in [0.29, 0.717) is 44.1 Å². The van der Waals surface area contributed by atoms with Crippen LogP contribution >= 0.6 is 27.3 Å². The summed E-state index contributed by atoms with van der Waals surface area (Å²) < 4.78 is 13.5. The summed E-state index contributed by atoms with van der Waals surface area (Å²) in [4.78, 5) is 31.6. The molecule has 35 heavy (non-hydrogen) atoms. The van der Waals surface area contributed by atoms with Crippen molar-refractivity contribution in [1.82, 2.24) is 4.57 Å². The van der Waals surface area contributed by atoms with Crippen molar-refractivity contribution in [2.75, 3.05) is 13.2 Å². The molecule has 1 N–H and O–H groups in total. The molecule has 4 rings (SSSR count). The van der Waals surface area contributed by atoms with Crippen molar-refractivity contribution in [2.45, 2.75) is 19.9 Å². The summed E-state index contributed by atoms with van der Waals surface area (Å²) in [5, 5.41) is 10.3. The Bertz CT molecular complexity index is 1500. The smallest absolute Gasteiger partial charge is 0.338 e. The van der Waals surface area contributed by atoms with Gasteiger partial charge in [-0.1, -0.05) is 52.1 Å². The van der Waals surface area contributed by atoms with Crippen LogP contribution in [0.3, 0.4) is 0 Å². The number of benzene rings is 2. The molecule has 1 aromatic heterocycles. The van der Waals surface area contributed by atoms with Crippen LogP contribution in [0.15, 0.2) is 80.6 Å². The first-order valence-corrected chi connectivity index (χ1v) is 12.5. The summed E-state index contributed by atoms with van der Waals surface area (Å²) in [7, 11) is 0. The van der Waals surface area contributed by atoms with Crippen LogP contribution in [0.5, 0.6) is 11.5 Å². The monoisotopic (exact) mass is 554 g/mol. The Morgan fingerprint density at radius 1 is 1.29 bits per heavy atom. The van der Waals surface area contributed by atoms with Gasteiger partial charge in [-0.2, -0.15) is 0 Å². The Morgan fingerprint density at radius 3 is 2.71 bits per heavy atom. The van der Waals surface area contributed by atoms with Crippen LogP contribution in [0.25, 0.3) is 6.08 Å². The molecule has 0 radical (unpaired) electrons. The lowest BCUT2D eigenvalue weighted by Crippen LogP contribution is -2.39. The molecule has 0 unspecified atom stereocenters. The first kappa shape index (κ1) is 24.7. The third kappa shape index (κ3) is 5.01. The molecular weight excluding hydrogens is 532 g/mol. The van der Waals surface area contributed by atoms with Gasteiger partial charge in [-0.05, 0) is 55.8 Å². The average molecular weight is 555 g/mol. The van der Waals surface area contributed by atoms with E-state index in [-0.39, 0.29) is 17.9 Å². The maximum Gasteiger partial charge on any atom is 0.338 e. The third-order valence-electron chi connectivity index (χ3n) is 5.36. The maximum atomic E-state index is 13.6. The molecule has 2 heterocycles. The summed E-state index contributed by atoms with van der Waals surface area (Å²) >= 11 is 4.58. The highest BCUT2D eigenvalue weighted by Crippen LogP contribution is 2.31. The number of ether oxygens (including phenoxy) is 2. The number of aromatic nitrogens is 1. The number of hydrogen-bond donors (Lipinski definition) is 1. The number of rotatable bonds is 7. The van der Waals surface area contributed by atoms with Crippen LogP contribution in [0.1, 0.15) is 31.0 Å². The van der Waals surface area contributed by atoms with Gasteiger partial charge in [0.05, 0.1) is 28.5 Å². The topological polar surface area (TPSA) is 90.1 Å². The number of carbonyl (C=O) groups excluding carboxylic acids is 1. The van der Waals surface area contributed by atoms with Gasteiger partial charge in [0.1, 0.15) is 18.1 Å². The maximum absolute atomic E-state index is 13.6. The Morgan fingerprint density at radius 2 is 2.03 bits per heavy atom. The van der Waals surface area contributed by atoms with E-state index in [1.54, 1.807) is 56.3 Å². The van der Waals surface area contributed by atoms with Crippen LogP contribution in [-0.4, -0.2) is 28.9 Å². The van der Waals surface area contributed by atoms with E-state index >= 15 is 0 Å². The second-order valence-corrected chi connectivity index (χ2v) is 9.60. The molecule has 0 saturated heterocycles. The fourth-order valence-electron chi connectivity index (χ4n) is 3.79. The molecule has 0 aliphatic carbocycles. The molecule has 0 spiro atoms. The summed E-state index contributed by atoms with van der Waals surface area (Å²) in [5.74, 6) is 0.170. The SMILES string of the molecule is C=CCOc1ccc([C@@H]2C(C(=O)OCC)=C(C)N=c3s/c(=C\c4cc(Br)ccc4O)c(=O)n32)cc1. The number of hydrogen-bond acceptors (Lipinski definition) is 7. The standard InChI is InChI=1S/C26H23BrN2O5S/c1-4-12-34-19-9-6-16(7-10-19)23-22(25(32)33-5-2)15(3)28-26-29(23)24(31)21(35-26)14-17-13-18(27)8-11-20(17)30/h4,6-11,13-14,23,30H,1,5,12H2,2-3H3/b21-14-/t23-/m1/s1. The van der Waals surface area contributed by atoms with Crippen molar-refractivity contribution in [3.63, 3.8) is 0 Å². The summed E-state index contributed by atoms with van der Waals surface area (Å²) in [6, 6.07) is 11.5. The van der Waals surface area contributed by atoms with E-state index in [2.05, 4.69) is 27.5 Å². The highest BCUT2D eigenvalue weighted by Gasteiger charge is 2.33. The van der Waals surface area contributed by atoms with E-state index in [1.165, 1.54) is 15.9 Å². The Balaban J connectivity index is 1.91. The quantitative estimate of drug-likeness (QED) is 0.354. The second kappa shape index (κ2) is 10.5. The molecule has 1 aliphatic rings. The number of phenols is 1. The molecule has 3 aromatic rings. The number of carbonyl (C=O) groups is 1. The van der Waals surface area contributed by atoms with Gasteiger partial charge in [-0.15, -0.1) is 0 Å². The zero-order valence-electron chi connectivity index (χ0n) is 19.2. The number of esters is 1. The molecule has 1 aliphatic heterocycles. The number of aromatic hydroxyl groups is 1. The molecular formula is C26H23BrN2O5S. The van der Waals surface area contributed by atoms with Crippen LogP contribution in [0.4, 0.5) is 0 Å². The lowest BCUT2D eigenvalue weighted by molar-refractivity contribution is -0.139. The Kier molecular flexibility index (Phi) is 7.37.